The quantitative estimate of drug-likeness (QED) is 0.0204. The summed E-state index contributed by atoms with van der Waals surface area (Å²) in [6, 6.07) is -0.831. The second-order valence-electron chi connectivity index (χ2n) is 29.9. The van der Waals surface area contributed by atoms with Crippen LogP contribution < -0.4 is 5.32 Å². The van der Waals surface area contributed by atoms with Crippen LogP contribution in [0.25, 0.3) is 0 Å². The molecule has 0 aliphatic carbocycles. The van der Waals surface area contributed by atoms with Gasteiger partial charge in [-0.25, -0.2) is 0 Å². The number of carbonyl (C=O) groups is 1. The maximum absolute atomic E-state index is 13.4. The Labute approximate surface area is 613 Å². The highest BCUT2D eigenvalue weighted by molar-refractivity contribution is 5.76. The molecule has 0 aromatic heterocycles. The minimum atomic E-state index is -1.78. The van der Waals surface area contributed by atoms with Gasteiger partial charge in [0.2, 0.25) is 5.91 Å². The van der Waals surface area contributed by atoms with E-state index in [9.17, 15) is 45.6 Å². The summed E-state index contributed by atoms with van der Waals surface area (Å²) in [4.78, 5) is 13.4. The zero-order valence-electron chi connectivity index (χ0n) is 64.5. The van der Waals surface area contributed by atoms with E-state index in [0.717, 1.165) is 83.5 Å². The Balaban J connectivity index is 1.57. The number of unbranched alkanes of at least 4 members (excludes halogenated alkanes) is 49. The number of nitrogens with one attached hydrogen (secondary N) is 1. The highest BCUT2D eigenvalue weighted by Crippen LogP contribution is 2.31. The number of hydrogen-bond acceptors (Lipinski definition) is 13. The second-order valence-corrected chi connectivity index (χ2v) is 29.9. The van der Waals surface area contributed by atoms with Crippen LogP contribution in [0, 0.1) is 0 Å². The van der Waals surface area contributed by atoms with E-state index in [2.05, 4.69) is 79.9 Å². The molecule has 0 bridgehead atoms. The number of ether oxygens (including phenoxy) is 4. The van der Waals surface area contributed by atoms with Crippen LogP contribution in [-0.2, 0) is 23.7 Å². The van der Waals surface area contributed by atoms with Crippen molar-refractivity contribution in [2.45, 2.75) is 460 Å². The van der Waals surface area contributed by atoms with Gasteiger partial charge in [-0.1, -0.05) is 383 Å². The van der Waals surface area contributed by atoms with Gasteiger partial charge < -0.3 is 65.1 Å². The van der Waals surface area contributed by atoms with Crippen LogP contribution in [0.1, 0.15) is 386 Å². The third-order valence-corrected chi connectivity index (χ3v) is 20.7. The first-order chi connectivity index (χ1) is 49.1. The van der Waals surface area contributed by atoms with Gasteiger partial charge in [-0.3, -0.25) is 4.79 Å². The normalized spacial score (nSPS) is 22.1. The van der Waals surface area contributed by atoms with Crippen molar-refractivity contribution in [3.63, 3.8) is 0 Å². The van der Waals surface area contributed by atoms with E-state index in [1.54, 1.807) is 0 Å². The lowest BCUT2D eigenvalue weighted by molar-refractivity contribution is -0.359. The molecule has 14 nitrogen and oxygen atoms in total. The van der Waals surface area contributed by atoms with Gasteiger partial charge in [0.1, 0.15) is 48.8 Å². The molecule has 2 rings (SSSR count). The molecule has 2 aliphatic rings. The fourth-order valence-electron chi connectivity index (χ4n) is 14.1. The van der Waals surface area contributed by atoms with Crippen molar-refractivity contribution in [1.29, 1.82) is 0 Å². The standard InChI is InChI=1S/C86H159NO13/c1-3-5-7-9-11-13-15-17-19-21-23-25-27-29-31-33-34-35-36-37-38-39-40-42-44-46-48-50-52-54-56-58-60-62-64-66-68-70-78(91)87-74(73-97-85-83(96)81(94)84(77(72-89)99-85)100-86-82(95)80(93)79(92)76(71-88)98-86)75(90)69-67-65-63-61-59-57-55-53-51-49-47-45-43-41-32-30-28-26-24-22-20-18-16-14-12-10-8-6-4-2/h5,7,11,13,17,19,23,25,29,31,74-77,79-86,88-90,92-96H,3-4,6,8-10,12,14-16,18,20-22,24,26-28,30,32-73H2,1-2H3,(H,87,91)/b7-5-,13-11-,19-17-,25-23-,31-29-. The first-order valence-electron chi connectivity index (χ1n) is 42.5. The maximum atomic E-state index is 13.4. The fraction of sp³-hybridized carbons (Fsp3) is 0.872. The molecule has 100 heavy (non-hydrogen) atoms. The topological polar surface area (TPSA) is 228 Å². The van der Waals surface area contributed by atoms with Crippen LogP contribution in [0.5, 0.6) is 0 Å². The lowest BCUT2D eigenvalue weighted by Gasteiger charge is -2.46. The second kappa shape index (κ2) is 69.7. The van der Waals surface area contributed by atoms with E-state index in [4.69, 9.17) is 18.9 Å². The molecule has 12 unspecified atom stereocenters. The molecule has 0 saturated carbocycles. The van der Waals surface area contributed by atoms with Crippen LogP contribution in [0.4, 0.5) is 0 Å². The van der Waals surface area contributed by atoms with Gasteiger partial charge in [-0.2, -0.15) is 0 Å². The minimum Gasteiger partial charge on any atom is -0.394 e. The van der Waals surface area contributed by atoms with Gasteiger partial charge in [-0.15, -0.1) is 0 Å². The predicted molar refractivity (Wildman–Crippen MR) is 415 cm³/mol. The van der Waals surface area contributed by atoms with Gasteiger partial charge in [0.25, 0.3) is 0 Å². The molecule has 2 heterocycles. The largest absolute Gasteiger partial charge is 0.394 e. The first-order valence-corrected chi connectivity index (χ1v) is 42.5. The van der Waals surface area contributed by atoms with E-state index in [0.29, 0.717) is 12.8 Å². The van der Waals surface area contributed by atoms with Crippen molar-refractivity contribution in [1.82, 2.24) is 5.32 Å². The maximum Gasteiger partial charge on any atom is 0.220 e. The van der Waals surface area contributed by atoms with E-state index < -0.39 is 86.8 Å². The third kappa shape index (κ3) is 51.8. The molecular formula is C86H159NO13. The van der Waals surface area contributed by atoms with Gasteiger partial charge in [0.15, 0.2) is 12.6 Å². The van der Waals surface area contributed by atoms with Crippen molar-refractivity contribution in [3.8, 4) is 0 Å². The smallest absolute Gasteiger partial charge is 0.220 e. The molecule has 586 valence electrons. The summed E-state index contributed by atoms with van der Waals surface area (Å²) in [6.07, 6.45) is 78.5. The Morgan fingerprint density at radius 3 is 1.06 bits per heavy atom. The highest BCUT2D eigenvalue weighted by Gasteiger charge is 2.51. The van der Waals surface area contributed by atoms with Gasteiger partial charge >= 0.3 is 0 Å². The fourth-order valence-corrected chi connectivity index (χ4v) is 14.1. The van der Waals surface area contributed by atoms with E-state index in [-0.39, 0.29) is 12.5 Å². The minimum absolute atomic E-state index is 0.199. The molecule has 0 aromatic rings. The summed E-state index contributed by atoms with van der Waals surface area (Å²) in [5, 5.41) is 88.0. The number of amides is 1. The molecule has 0 aromatic carbocycles. The average molecular weight is 1420 g/mol. The number of allylic oxidation sites excluding steroid dienone is 10. The number of hydrogen-bond donors (Lipinski definition) is 9. The molecule has 0 radical (unpaired) electrons. The number of rotatable bonds is 72. The Kier molecular flexibility index (Phi) is 65.4. The van der Waals surface area contributed by atoms with Crippen LogP contribution in [-0.4, -0.2) is 140 Å². The van der Waals surface area contributed by atoms with E-state index in [1.165, 1.54) is 276 Å². The van der Waals surface area contributed by atoms with Crippen LogP contribution in [0.2, 0.25) is 0 Å². The van der Waals surface area contributed by atoms with Crippen molar-refractivity contribution < 1.29 is 64.6 Å². The van der Waals surface area contributed by atoms with Crippen molar-refractivity contribution >= 4 is 5.91 Å². The molecule has 12 atom stereocenters. The van der Waals surface area contributed by atoms with Gasteiger partial charge in [0.05, 0.1) is 32.0 Å². The zero-order chi connectivity index (χ0) is 72.2. The van der Waals surface area contributed by atoms with Crippen LogP contribution in [0.3, 0.4) is 0 Å². The van der Waals surface area contributed by atoms with Crippen molar-refractivity contribution in [2.75, 3.05) is 19.8 Å². The first kappa shape index (κ1) is 93.8. The molecular weight excluding hydrogens is 1250 g/mol. The zero-order valence-corrected chi connectivity index (χ0v) is 64.5. The average Bonchev–Trinajstić information content (AvgIpc) is 0.791. The SMILES string of the molecule is CC/C=C\C/C=C\C/C=C\C/C=C\C/C=C\CCCCCCCCCCCCCCCCCCCCCCCC(=O)NC(COC1OC(CO)C(OC2OC(CO)C(O)C(O)C2O)C(O)C1O)C(O)CCCCCCCCCCCCCCCCCCCCCCCCCCCCCCC. The molecule has 9 N–H and O–H groups in total. The molecule has 14 heteroatoms. The molecule has 2 aliphatic heterocycles. The van der Waals surface area contributed by atoms with E-state index in [1.807, 2.05) is 0 Å². The summed E-state index contributed by atoms with van der Waals surface area (Å²) >= 11 is 0. The van der Waals surface area contributed by atoms with Crippen LogP contribution >= 0.6 is 0 Å². The summed E-state index contributed by atoms with van der Waals surface area (Å²) < 4.78 is 23.0. The summed E-state index contributed by atoms with van der Waals surface area (Å²) in [5.74, 6) is -0.199. The molecule has 1 amide bonds. The molecule has 2 fully saturated rings. The summed E-state index contributed by atoms with van der Waals surface area (Å²) in [5.41, 5.74) is 0. The lowest BCUT2D eigenvalue weighted by Crippen LogP contribution is -2.65. The Hall–Kier alpha value is -2.31. The summed E-state index contributed by atoms with van der Waals surface area (Å²) in [6.45, 7) is 2.81. The van der Waals surface area contributed by atoms with Gasteiger partial charge in [0, 0.05) is 6.42 Å². The Morgan fingerprint density at radius 1 is 0.370 bits per heavy atom. The Morgan fingerprint density at radius 2 is 0.690 bits per heavy atom. The third-order valence-electron chi connectivity index (χ3n) is 20.7. The number of aliphatic hydroxyl groups is 8. The highest BCUT2D eigenvalue weighted by atomic mass is 16.7. The van der Waals surface area contributed by atoms with Gasteiger partial charge in [-0.05, 0) is 57.8 Å². The van der Waals surface area contributed by atoms with Crippen LogP contribution in [0.15, 0.2) is 60.8 Å². The van der Waals surface area contributed by atoms with E-state index >= 15 is 0 Å². The number of aliphatic hydroxyl groups excluding tert-OH is 8. The monoisotopic (exact) mass is 1410 g/mol. The summed E-state index contributed by atoms with van der Waals surface area (Å²) in [7, 11) is 0. The Bertz CT molecular complexity index is 1910. The van der Waals surface area contributed by atoms with Crippen molar-refractivity contribution in [3.05, 3.63) is 60.8 Å². The molecule has 0 spiro atoms. The predicted octanol–water partition coefficient (Wildman–Crippen LogP) is 19.9. The molecule has 2 saturated heterocycles. The van der Waals surface area contributed by atoms with Crippen molar-refractivity contribution in [2.24, 2.45) is 0 Å². The lowest BCUT2D eigenvalue weighted by atomic mass is 9.97. The number of carbonyl (C=O) groups excluding carboxylic acids is 1.